The van der Waals surface area contributed by atoms with Gasteiger partial charge < -0.3 is 21.1 Å². The molecular formula is C33H41N3O3. The lowest BCUT2D eigenvalue weighted by molar-refractivity contribution is -0.136. The third-order valence-electron chi connectivity index (χ3n) is 6.85. The predicted molar refractivity (Wildman–Crippen MR) is 160 cm³/mol. The maximum atomic E-state index is 12.4. The van der Waals surface area contributed by atoms with Gasteiger partial charge in [0.15, 0.2) is 0 Å². The second-order valence-electron chi connectivity index (χ2n) is 11.5. The van der Waals surface area contributed by atoms with E-state index in [1.165, 1.54) is 11.8 Å². The molecule has 1 unspecified atom stereocenters. The Labute approximate surface area is 232 Å². The van der Waals surface area contributed by atoms with Crippen molar-refractivity contribution in [3.63, 3.8) is 0 Å². The first-order valence-corrected chi connectivity index (χ1v) is 13.6. The van der Waals surface area contributed by atoms with E-state index >= 15 is 0 Å². The Kier molecular flexibility index (Phi) is 10.0. The van der Waals surface area contributed by atoms with Gasteiger partial charge in [0.1, 0.15) is 0 Å². The van der Waals surface area contributed by atoms with Crippen LogP contribution in [0.25, 0.3) is 11.1 Å². The number of nitrogens with one attached hydrogen (secondary N) is 3. The number of hydrogen-bond donors (Lipinski definition) is 4. The maximum Gasteiger partial charge on any atom is 0.305 e. The summed E-state index contributed by atoms with van der Waals surface area (Å²) in [5.41, 5.74) is 6.82. The minimum absolute atomic E-state index is 0.00661. The van der Waals surface area contributed by atoms with Crippen LogP contribution in [0, 0.1) is 11.3 Å². The second-order valence-corrected chi connectivity index (χ2v) is 11.5. The Bertz CT molecular complexity index is 1270. The number of benzene rings is 3. The van der Waals surface area contributed by atoms with Crippen molar-refractivity contribution >= 4 is 23.8 Å². The van der Waals surface area contributed by atoms with E-state index in [0.29, 0.717) is 11.5 Å². The first-order chi connectivity index (χ1) is 18.5. The summed E-state index contributed by atoms with van der Waals surface area (Å²) in [6, 6.07) is 22.2. The minimum atomic E-state index is -0.944. The molecule has 3 rings (SSSR count). The van der Waals surface area contributed by atoms with E-state index in [0.717, 1.165) is 40.8 Å². The van der Waals surface area contributed by atoms with E-state index in [1.807, 2.05) is 24.3 Å². The minimum Gasteiger partial charge on any atom is -0.481 e. The fraction of sp³-hybridized carbons (Fsp3) is 0.364. The molecule has 39 heavy (non-hydrogen) atoms. The van der Waals surface area contributed by atoms with Gasteiger partial charge in [-0.15, -0.1) is 0 Å². The summed E-state index contributed by atoms with van der Waals surface area (Å²) in [7, 11) is 0. The molecule has 0 heterocycles. The summed E-state index contributed by atoms with van der Waals surface area (Å²) in [6.45, 7) is 11.1. The van der Waals surface area contributed by atoms with Crippen LogP contribution >= 0.6 is 0 Å². The Morgan fingerprint density at radius 2 is 1.56 bits per heavy atom. The van der Waals surface area contributed by atoms with Crippen LogP contribution in [0.1, 0.15) is 87.0 Å². The Balaban J connectivity index is 1.81. The number of anilines is 1. The van der Waals surface area contributed by atoms with Crippen molar-refractivity contribution in [2.75, 3.05) is 11.9 Å². The van der Waals surface area contributed by atoms with Gasteiger partial charge in [-0.05, 0) is 70.7 Å². The van der Waals surface area contributed by atoms with Crippen LogP contribution < -0.4 is 10.6 Å². The molecular weight excluding hydrogens is 486 g/mol. The van der Waals surface area contributed by atoms with E-state index < -0.39 is 5.97 Å². The Morgan fingerprint density at radius 1 is 0.923 bits per heavy atom. The van der Waals surface area contributed by atoms with Crippen LogP contribution in [-0.4, -0.2) is 29.7 Å². The number of carboxylic acid groups (broad SMARTS) is 1. The molecule has 0 aliphatic rings. The molecule has 0 fully saturated rings. The number of carbonyl (C=O) groups excluding carboxylic acids is 1. The van der Waals surface area contributed by atoms with Gasteiger partial charge in [0.05, 0.1) is 12.5 Å². The predicted octanol–water partition coefficient (Wildman–Crippen LogP) is 7.44. The van der Waals surface area contributed by atoms with Crippen molar-refractivity contribution in [1.82, 2.24) is 5.32 Å². The average molecular weight is 528 g/mol. The second kappa shape index (κ2) is 13.2. The van der Waals surface area contributed by atoms with E-state index in [-0.39, 0.29) is 30.3 Å². The molecule has 1 atom stereocenters. The zero-order valence-corrected chi connectivity index (χ0v) is 23.7. The van der Waals surface area contributed by atoms with Gasteiger partial charge in [-0.3, -0.25) is 9.59 Å². The van der Waals surface area contributed by atoms with Crippen LogP contribution in [0.2, 0.25) is 0 Å². The lowest BCUT2D eigenvalue weighted by Gasteiger charge is -2.23. The van der Waals surface area contributed by atoms with Crippen molar-refractivity contribution in [1.29, 1.82) is 5.41 Å². The van der Waals surface area contributed by atoms with Gasteiger partial charge in [-0.25, -0.2) is 0 Å². The standard InChI is InChI=1S/C33H41N3O3/c1-22(2)6-16-29(24-7-9-25(10-8-24)32(39)35-19-18-31(37)38)36-30-17-13-26(20-27(30)21-34)23-11-14-28(15-12-23)33(3,4)5/h7-15,17,20-22,29,34,36H,6,16,18-19H2,1-5H3,(H,35,39)(H,37,38). The van der Waals surface area contributed by atoms with E-state index in [9.17, 15) is 9.59 Å². The number of aliphatic carboxylic acids is 1. The molecule has 0 spiro atoms. The number of amides is 1. The highest BCUT2D eigenvalue weighted by molar-refractivity contribution is 5.94. The fourth-order valence-corrected chi connectivity index (χ4v) is 4.42. The molecule has 0 radical (unpaired) electrons. The molecule has 0 aliphatic carbocycles. The Hall–Kier alpha value is -3.93. The monoisotopic (exact) mass is 527 g/mol. The fourth-order valence-electron chi connectivity index (χ4n) is 4.42. The molecule has 206 valence electrons. The van der Waals surface area contributed by atoms with Crippen LogP contribution in [0.5, 0.6) is 0 Å². The molecule has 4 N–H and O–H groups in total. The molecule has 0 aliphatic heterocycles. The van der Waals surface area contributed by atoms with E-state index in [2.05, 4.69) is 75.6 Å². The lowest BCUT2D eigenvalue weighted by Crippen LogP contribution is -2.26. The van der Waals surface area contributed by atoms with E-state index in [4.69, 9.17) is 10.5 Å². The van der Waals surface area contributed by atoms with Crippen molar-refractivity contribution in [3.05, 3.63) is 89.0 Å². The number of carboxylic acids is 1. The normalized spacial score (nSPS) is 12.2. The smallest absolute Gasteiger partial charge is 0.305 e. The maximum absolute atomic E-state index is 12.4. The SMILES string of the molecule is CC(C)CCC(Nc1ccc(-c2ccc(C(C)(C)C)cc2)cc1C=N)c1ccc(C(=O)NCCC(=O)O)cc1. The lowest BCUT2D eigenvalue weighted by atomic mass is 9.86. The summed E-state index contributed by atoms with van der Waals surface area (Å²) >= 11 is 0. The van der Waals surface area contributed by atoms with Crippen LogP contribution in [-0.2, 0) is 10.2 Å². The summed E-state index contributed by atoms with van der Waals surface area (Å²) in [5.74, 6) is -0.693. The largest absolute Gasteiger partial charge is 0.481 e. The van der Waals surface area contributed by atoms with Gasteiger partial charge in [-0.1, -0.05) is 77.1 Å². The number of carbonyl (C=O) groups is 2. The van der Waals surface area contributed by atoms with Crippen LogP contribution in [0.15, 0.2) is 66.7 Å². The van der Waals surface area contributed by atoms with Crippen molar-refractivity contribution in [2.24, 2.45) is 5.92 Å². The first kappa shape index (κ1) is 29.6. The summed E-state index contributed by atoms with van der Waals surface area (Å²) in [5, 5.41) is 23.2. The third kappa shape index (κ3) is 8.54. The van der Waals surface area contributed by atoms with Crippen LogP contribution in [0.3, 0.4) is 0 Å². The highest BCUT2D eigenvalue weighted by Crippen LogP contribution is 2.31. The molecule has 0 saturated heterocycles. The molecule has 6 nitrogen and oxygen atoms in total. The van der Waals surface area contributed by atoms with Crippen molar-refractivity contribution in [2.45, 2.75) is 65.3 Å². The zero-order chi connectivity index (χ0) is 28.6. The van der Waals surface area contributed by atoms with Crippen LogP contribution in [0.4, 0.5) is 5.69 Å². The number of hydrogen-bond acceptors (Lipinski definition) is 4. The topological polar surface area (TPSA) is 102 Å². The zero-order valence-electron chi connectivity index (χ0n) is 23.7. The Morgan fingerprint density at radius 3 is 2.13 bits per heavy atom. The molecule has 0 aromatic heterocycles. The summed E-state index contributed by atoms with van der Waals surface area (Å²) < 4.78 is 0. The highest BCUT2D eigenvalue weighted by atomic mass is 16.4. The van der Waals surface area contributed by atoms with Gasteiger partial charge >= 0.3 is 5.97 Å². The quantitative estimate of drug-likeness (QED) is 0.184. The first-order valence-electron chi connectivity index (χ1n) is 13.6. The third-order valence-corrected chi connectivity index (χ3v) is 6.85. The van der Waals surface area contributed by atoms with Gasteiger partial charge in [0.2, 0.25) is 0 Å². The van der Waals surface area contributed by atoms with Gasteiger partial charge in [0.25, 0.3) is 5.91 Å². The summed E-state index contributed by atoms with van der Waals surface area (Å²) in [4.78, 5) is 23.1. The molecule has 3 aromatic rings. The van der Waals surface area contributed by atoms with E-state index in [1.54, 1.807) is 12.1 Å². The van der Waals surface area contributed by atoms with Gasteiger partial charge in [0, 0.05) is 29.6 Å². The van der Waals surface area contributed by atoms with Crippen molar-refractivity contribution in [3.8, 4) is 11.1 Å². The molecule has 0 saturated carbocycles. The molecule has 1 amide bonds. The molecule has 3 aromatic carbocycles. The highest BCUT2D eigenvalue weighted by Gasteiger charge is 2.17. The molecule has 6 heteroatoms. The van der Waals surface area contributed by atoms with Gasteiger partial charge in [-0.2, -0.15) is 0 Å². The number of rotatable bonds is 12. The molecule has 0 bridgehead atoms. The average Bonchev–Trinajstić information content (AvgIpc) is 2.90. The van der Waals surface area contributed by atoms with Crippen molar-refractivity contribution < 1.29 is 14.7 Å². The summed E-state index contributed by atoms with van der Waals surface area (Å²) in [6.07, 6.45) is 3.20.